The van der Waals surface area contributed by atoms with E-state index in [1.54, 1.807) is 12.1 Å². The summed E-state index contributed by atoms with van der Waals surface area (Å²) in [5, 5.41) is 3.49. The van der Waals surface area contributed by atoms with Crippen LogP contribution < -0.4 is 10.1 Å². The van der Waals surface area contributed by atoms with Crippen LogP contribution in [0.1, 0.15) is 26.7 Å². The molecule has 0 aromatic heterocycles. The quantitative estimate of drug-likeness (QED) is 0.886. The summed E-state index contributed by atoms with van der Waals surface area (Å²) in [6, 6.07) is 4.66. The zero-order valence-corrected chi connectivity index (χ0v) is 12.2. The number of halogens is 2. The van der Waals surface area contributed by atoms with Crippen LogP contribution in [0.15, 0.2) is 18.2 Å². The highest BCUT2D eigenvalue weighted by atomic mass is 35.5. The molecule has 0 aliphatic carbocycles. The lowest BCUT2D eigenvalue weighted by Crippen LogP contribution is -2.30. The summed E-state index contributed by atoms with van der Waals surface area (Å²) in [7, 11) is 0. The second-order valence-electron chi connectivity index (χ2n) is 5.61. The van der Waals surface area contributed by atoms with E-state index in [1.165, 1.54) is 6.07 Å². The molecule has 106 valence electrons. The molecule has 2 atom stereocenters. The van der Waals surface area contributed by atoms with Gasteiger partial charge in [0.2, 0.25) is 0 Å². The summed E-state index contributed by atoms with van der Waals surface area (Å²) >= 11 is 5.69. The molecule has 1 N–H and O–H groups in total. The van der Waals surface area contributed by atoms with Crippen LogP contribution in [0.5, 0.6) is 5.75 Å². The van der Waals surface area contributed by atoms with Gasteiger partial charge >= 0.3 is 0 Å². The first-order valence-corrected chi connectivity index (χ1v) is 7.26. The average Bonchev–Trinajstić information content (AvgIpc) is 2.86. The van der Waals surface area contributed by atoms with E-state index in [-0.39, 0.29) is 11.1 Å². The van der Waals surface area contributed by atoms with Crippen molar-refractivity contribution in [2.24, 2.45) is 11.8 Å². The van der Waals surface area contributed by atoms with Crippen molar-refractivity contribution in [3.8, 4) is 5.75 Å². The van der Waals surface area contributed by atoms with Gasteiger partial charge in [0.05, 0.1) is 5.02 Å². The molecule has 1 aromatic rings. The maximum Gasteiger partial charge on any atom is 0.145 e. The first kappa shape index (κ1) is 14.6. The Labute approximate surface area is 119 Å². The molecule has 0 radical (unpaired) electrons. The van der Waals surface area contributed by atoms with Crippen LogP contribution in [0.25, 0.3) is 0 Å². The smallest absolute Gasteiger partial charge is 0.145 e. The Morgan fingerprint density at radius 1 is 1.47 bits per heavy atom. The predicted molar refractivity (Wildman–Crippen MR) is 76.3 cm³/mol. The first-order chi connectivity index (χ1) is 9.06. The van der Waals surface area contributed by atoms with Crippen molar-refractivity contribution in [3.05, 3.63) is 29.0 Å². The first-order valence-electron chi connectivity index (χ1n) is 6.88. The number of benzene rings is 1. The van der Waals surface area contributed by atoms with Gasteiger partial charge in [-0.1, -0.05) is 25.4 Å². The van der Waals surface area contributed by atoms with E-state index >= 15 is 0 Å². The van der Waals surface area contributed by atoms with Crippen LogP contribution in [0.3, 0.4) is 0 Å². The Balaban J connectivity index is 2.07. The van der Waals surface area contributed by atoms with Gasteiger partial charge < -0.3 is 10.1 Å². The molecule has 4 heteroatoms. The molecule has 1 aliphatic heterocycles. The lowest BCUT2D eigenvalue weighted by molar-refractivity contribution is 0.119. The predicted octanol–water partition coefficient (Wildman–Crippen LogP) is 3.88. The molecule has 1 unspecified atom stereocenters. The molecule has 0 bridgehead atoms. The fourth-order valence-electron chi connectivity index (χ4n) is 2.52. The molecule has 0 spiro atoms. The fraction of sp³-hybridized carbons (Fsp3) is 0.600. The van der Waals surface area contributed by atoms with Crippen LogP contribution in [-0.4, -0.2) is 19.2 Å². The molecule has 1 saturated heterocycles. The minimum absolute atomic E-state index is 0.135. The van der Waals surface area contributed by atoms with Crippen LogP contribution in [0.4, 0.5) is 4.39 Å². The molecular formula is C15H21ClFNO. The summed E-state index contributed by atoms with van der Waals surface area (Å²) in [4.78, 5) is 0. The van der Waals surface area contributed by atoms with Crippen molar-refractivity contribution in [3.63, 3.8) is 0 Å². The third kappa shape index (κ3) is 4.08. The molecule has 19 heavy (non-hydrogen) atoms. The van der Waals surface area contributed by atoms with Crippen LogP contribution in [0.2, 0.25) is 5.02 Å². The Morgan fingerprint density at radius 2 is 2.26 bits per heavy atom. The highest BCUT2D eigenvalue weighted by Crippen LogP contribution is 2.27. The third-order valence-electron chi connectivity index (χ3n) is 3.51. The number of nitrogens with one attached hydrogen (secondary N) is 1. The zero-order chi connectivity index (χ0) is 13.8. The van der Waals surface area contributed by atoms with Gasteiger partial charge in [-0.05, 0) is 37.4 Å². The van der Waals surface area contributed by atoms with Gasteiger partial charge in [-0.25, -0.2) is 4.39 Å². The van der Waals surface area contributed by atoms with Crippen molar-refractivity contribution in [2.75, 3.05) is 13.1 Å². The van der Waals surface area contributed by atoms with Crippen LogP contribution in [0, 0.1) is 17.7 Å². The maximum absolute atomic E-state index is 13.4. The zero-order valence-electron chi connectivity index (χ0n) is 11.5. The highest BCUT2D eigenvalue weighted by molar-refractivity contribution is 6.30. The van der Waals surface area contributed by atoms with Crippen LogP contribution >= 0.6 is 11.6 Å². The Morgan fingerprint density at radius 3 is 2.84 bits per heavy atom. The van der Waals surface area contributed by atoms with Crippen molar-refractivity contribution < 1.29 is 9.13 Å². The number of ether oxygens (including phenoxy) is 1. The normalized spacial score (nSPS) is 20.8. The molecule has 1 fully saturated rings. The van der Waals surface area contributed by atoms with Gasteiger partial charge in [-0.15, -0.1) is 0 Å². The van der Waals surface area contributed by atoms with E-state index in [0.29, 0.717) is 17.6 Å². The van der Waals surface area contributed by atoms with E-state index in [9.17, 15) is 4.39 Å². The highest BCUT2D eigenvalue weighted by Gasteiger charge is 2.27. The lowest BCUT2D eigenvalue weighted by atomic mass is 9.93. The molecular weight excluding hydrogens is 265 g/mol. The summed E-state index contributed by atoms with van der Waals surface area (Å²) < 4.78 is 19.5. The van der Waals surface area contributed by atoms with Gasteiger partial charge in [0.25, 0.3) is 0 Å². The largest absolute Gasteiger partial charge is 0.490 e. The average molecular weight is 286 g/mol. The molecule has 2 rings (SSSR count). The van der Waals surface area contributed by atoms with E-state index in [2.05, 4.69) is 19.2 Å². The molecule has 2 nitrogen and oxygen atoms in total. The second kappa shape index (κ2) is 6.58. The minimum atomic E-state index is -0.424. The standard InChI is InChI=1S/C15H21ClFNO/c1-10(2)7-15(11-5-6-18-9-11)19-12-3-4-13(16)14(17)8-12/h3-4,8,10-11,15,18H,5-7,9H2,1-2H3/t11?,15-/m1/s1. The fourth-order valence-corrected chi connectivity index (χ4v) is 2.64. The SMILES string of the molecule is CC(C)C[C@@H](Oc1ccc(Cl)c(F)c1)C1CCNC1. The minimum Gasteiger partial charge on any atom is -0.490 e. The molecule has 1 heterocycles. The Kier molecular flexibility index (Phi) is 5.06. The maximum atomic E-state index is 13.4. The van der Waals surface area contributed by atoms with E-state index in [4.69, 9.17) is 16.3 Å². The lowest BCUT2D eigenvalue weighted by Gasteiger charge is -2.26. The molecule has 0 saturated carbocycles. The van der Waals surface area contributed by atoms with E-state index in [0.717, 1.165) is 25.9 Å². The van der Waals surface area contributed by atoms with E-state index in [1.807, 2.05) is 0 Å². The Bertz CT molecular complexity index is 419. The van der Waals surface area contributed by atoms with Crippen molar-refractivity contribution in [1.29, 1.82) is 0 Å². The van der Waals surface area contributed by atoms with Gasteiger partial charge in [0.15, 0.2) is 0 Å². The number of hydrogen-bond acceptors (Lipinski definition) is 2. The van der Waals surface area contributed by atoms with Crippen molar-refractivity contribution in [2.45, 2.75) is 32.8 Å². The van der Waals surface area contributed by atoms with Crippen molar-refractivity contribution in [1.82, 2.24) is 5.32 Å². The summed E-state index contributed by atoms with van der Waals surface area (Å²) in [5.74, 6) is 1.20. The van der Waals surface area contributed by atoms with Gasteiger partial charge in [-0.3, -0.25) is 0 Å². The Hall–Kier alpha value is -0.800. The summed E-state index contributed by atoms with van der Waals surface area (Å²) in [6.07, 6.45) is 2.24. The number of rotatable bonds is 5. The molecule has 0 amide bonds. The molecule has 1 aromatic carbocycles. The topological polar surface area (TPSA) is 21.3 Å². The van der Waals surface area contributed by atoms with Gasteiger partial charge in [-0.2, -0.15) is 0 Å². The van der Waals surface area contributed by atoms with Crippen LogP contribution in [-0.2, 0) is 0 Å². The summed E-state index contributed by atoms with van der Waals surface area (Å²) in [6.45, 7) is 6.38. The monoisotopic (exact) mass is 285 g/mol. The summed E-state index contributed by atoms with van der Waals surface area (Å²) in [5.41, 5.74) is 0. The van der Waals surface area contributed by atoms with E-state index < -0.39 is 5.82 Å². The van der Waals surface area contributed by atoms with Gasteiger partial charge in [0.1, 0.15) is 17.7 Å². The van der Waals surface area contributed by atoms with Gasteiger partial charge in [0, 0.05) is 18.5 Å². The number of hydrogen-bond donors (Lipinski definition) is 1. The second-order valence-corrected chi connectivity index (χ2v) is 6.02. The third-order valence-corrected chi connectivity index (χ3v) is 3.81. The molecule has 1 aliphatic rings. The van der Waals surface area contributed by atoms with Crippen molar-refractivity contribution >= 4 is 11.6 Å².